The number of aliphatic hydroxyl groups excluding tert-OH is 1. The first-order chi connectivity index (χ1) is 33.3. The lowest BCUT2D eigenvalue weighted by atomic mass is 9.83. The molecule has 0 aliphatic carbocycles. The number of amides is 2. The van der Waals surface area contributed by atoms with Crippen LogP contribution in [0, 0.1) is 17.5 Å². The molecule has 12 nitrogen and oxygen atoms in total. The van der Waals surface area contributed by atoms with E-state index in [4.69, 9.17) is 9.47 Å². The van der Waals surface area contributed by atoms with E-state index >= 15 is 0 Å². The number of rotatable bonds is 26. The average Bonchev–Trinajstić information content (AvgIpc) is 3.69. The van der Waals surface area contributed by atoms with Crippen LogP contribution in [0.5, 0.6) is 5.75 Å². The zero-order chi connectivity index (χ0) is 48.7. The van der Waals surface area contributed by atoms with Gasteiger partial charge in [0.2, 0.25) is 0 Å². The van der Waals surface area contributed by atoms with Crippen LogP contribution in [0.25, 0.3) is 0 Å². The van der Waals surface area contributed by atoms with Crippen molar-refractivity contribution < 1.29 is 55.9 Å². The second-order valence-electron chi connectivity index (χ2n) is 18.4. The quantitative estimate of drug-likeness (QED) is 0.0158. The summed E-state index contributed by atoms with van der Waals surface area (Å²) in [5.41, 5.74) is 3.63. The molecule has 1 atom stereocenters. The van der Waals surface area contributed by atoms with Crippen LogP contribution in [0.1, 0.15) is 90.9 Å². The van der Waals surface area contributed by atoms with Gasteiger partial charge in [-0.2, -0.15) is 0 Å². The van der Waals surface area contributed by atoms with E-state index in [0.717, 1.165) is 70.3 Å². The predicted molar refractivity (Wildman–Crippen MR) is 257 cm³/mol. The monoisotopic (exact) mass is 973 g/mol. The number of aryl methyl sites for hydroxylation is 1. The third-order valence-electron chi connectivity index (χ3n) is 13.4. The van der Waals surface area contributed by atoms with Crippen molar-refractivity contribution in [3.05, 3.63) is 172 Å². The maximum absolute atomic E-state index is 14.7. The molecule has 7 rings (SSSR count). The molecule has 5 aromatic carbocycles. The van der Waals surface area contributed by atoms with Gasteiger partial charge in [0.05, 0.1) is 25.7 Å². The first kappa shape index (κ1) is 51.8. The van der Waals surface area contributed by atoms with Gasteiger partial charge in [-0.25, -0.2) is 27.1 Å². The number of unbranched alkanes of at least 4 members (excludes halogenated alkanes) is 4. The number of hydrogen-bond donors (Lipinski definition) is 5. The Morgan fingerprint density at radius 1 is 0.754 bits per heavy atom. The minimum absolute atomic E-state index is 0.216. The Labute approximate surface area is 403 Å². The molecule has 2 amide bonds. The van der Waals surface area contributed by atoms with Crippen LogP contribution in [-0.4, -0.2) is 89.1 Å². The van der Waals surface area contributed by atoms with Crippen molar-refractivity contribution in [2.24, 2.45) is 0 Å². The van der Waals surface area contributed by atoms with Gasteiger partial charge in [-0.1, -0.05) is 85.6 Å². The fourth-order valence-electron chi connectivity index (χ4n) is 9.72. The fraction of sp³-hybridized carbons (Fsp3) is 0.415. The van der Waals surface area contributed by atoms with Gasteiger partial charge in [0.25, 0.3) is 0 Å². The zero-order valence-corrected chi connectivity index (χ0v) is 39.9. The van der Waals surface area contributed by atoms with E-state index in [0.29, 0.717) is 78.1 Å². The van der Waals surface area contributed by atoms with Crippen LogP contribution in [0.15, 0.2) is 121 Å². The summed E-state index contributed by atoms with van der Waals surface area (Å²) in [5, 5.41) is 18.0. The standard InChI is InChI=1S/C53H64F3N4O8P/c54-46-21-17-44(18-22-46)53(45-19-23-47(55)24-20-45)38-59(52(62)58-53)49-26-29-60(30-27-49,36-41-14-10-15-48(56)33-41)37-43-34-42(16-25-51(43)67-39-68-69(63,64)65)50(61)35-57-28-7-1-2-8-31-66-32-9-6-13-40-11-4-3-5-12-40/h3-5,10-12,14-25,33-34,49-50,57,61H,1-2,6-9,13,26-32,35-39H2,(H2-,58,62,63,64,65)/p+1. The molecule has 5 aromatic rings. The van der Waals surface area contributed by atoms with Crippen molar-refractivity contribution in [1.82, 2.24) is 15.5 Å². The number of hydrogen-bond acceptors (Lipinski definition) is 7. The average molecular weight is 974 g/mol. The summed E-state index contributed by atoms with van der Waals surface area (Å²) in [6.45, 7) is 3.88. The van der Waals surface area contributed by atoms with Crippen molar-refractivity contribution in [3.8, 4) is 5.75 Å². The summed E-state index contributed by atoms with van der Waals surface area (Å²) in [7, 11) is -4.85. The largest absolute Gasteiger partial charge is 0.472 e. The predicted octanol–water partition coefficient (Wildman–Crippen LogP) is 9.42. The summed E-state index contributed by atoms with van der Waals surface area (Å²) in [6, 6.07) is 33.5. The van der Waals surface area contributed by atoms with Crippen molar-refractivity contribution >= 4 is 13.9 Å². The highest BCUT2D eigenvalue weighted by Gasteiger charge is 2.49. The van der Waals surface area contributed by atoms with E-state index in [1.165, 1.54) is 42.0 Å². The van der Waals surface area contributed by atoms with E-state index in [1.807, 2.05) is 18.2 Å². The molecule has 0 spiro atoms. The van der Waals surface area contributed by atoms with Crippen LogP contribution in [0.3, 0.4) is 0 Å². The Morgan fingerprint density at radius 2 is 1.41 bits per heavy atom. The second-order valence-corrected chi connectivity index (χ2v) is 19.6. The van der Waals surface area contributed by atoms with Gasteiger partial charge in [0, 0.05) is 49.8 Å². The third kappa shape index (κ3) is 15.0. The van der Waals surface area contributed by atoms with Crippen LogP contribution in [0.2, 0.25) is 0 Å². The minimum atomic E-state index is -4.85. The Kier molecular flexibility index (Phi) is 18.5. The van der Waals surface area contributed by atoms with E-state index in [-0.39, 0.29) is 24.4 Å². The zero-order valence-electron chi connectivity index (χ0n) is 39.0. The number of nitrogens with one attached hydrogen (secondary N) is 2. The number of phosphoric ester groups is 1. The van der Waals surface area contributed by atoms with Crippen LogP contribution in [-0.2, 0) is 38.9 Å². The number of aliphatic hydroxyl groups is 1. The smallest absolute Gasteiger partial charge is 0.466 e. The molecule has 2 aliphatic heterocycles. The Hall–Kier alpha value is -5.09. The normalized spacial score (nSPS) is 18.6. The Balaban J connectivity index is 0.991. The van der Waals surface area contributed by atoms with Gasteiger partial charge in [0.1, 0.15) is 41.8 Å². The number of nitrogens with zero attached hydrogens (tertiary/aromatic N) is 2. The first-order valence-electron chi connectivity index (χ1n) is 24.0. The van der Waals surface area contributed by atoms with Gasteiger partial charge in [0.15, 0.2) is 6.79 Å². The van der Waals surface area contributed by atoms with Crippen LogP contribution >= 0.6 is 7.82 Å². The van der Waals surface area contributed by atoms with E-state index in [2.05, 4.69) is 39.4 Å². The van der Waals surface area contributed by atoms with Gasteiger partial charge in [-0.15, -0.1) is 0 Å². The fourth-order valence-corrected chi connectivity index (χ4v) is 9.91. The van der Waals surface area contributed by atoms with Crippen molar-refractivity contribution in [3.63, 3.8) is 0 Å². The number of quaternary nitrogens is 1. The number of likely N-dealkylation sites (tertiary alicyclic amines) is 1. The molecule has 0 saturated carbocycles. The summed E-state index contributed by atoms with van der Waals surface area (Å²) in [5.74, 6) is -0.913. The number of urea groups is 1. The first-order valence-corrected chi connectivity index (χ1v) is 25.5. The maximum atomic E-state index is 14.7. The van der Waals surface area contributed by atoms with Crippen molar-refractivity contribution in [1.29, 1.82) is 0 Å². The molecule has 2 aliphatic rings. The summed E-state index contributed by atoms with van der Waals surface area (Å²) >= 11 is 0. The summed E-state index contributed by atoms with van der Waals surface area (Å²) < 4.78 is 71.3. The molecule has 0 bridgehead atoms. The molecule has 0 aromatic heterocycles. The highest BCUT2D eigenvalue weighted by atomic mass is 31.2. The third-order valence-corrected chi connectivity index (χ3v) is 13.8. The van der Waals surface area contributed by atoms with E-state index < -0.39 is 37.9 Å². The topological polar surface area (TPSA) is 150 Å². The SMILES string of the molecule is O=C1NC(c2ccc(F)cc2)(c2ccc(F)cc2)CN1C1CC[N+](Cc2cccc(F)c2)(Cc2cc(C(O)CNCCCCCCOCCCCc3ccccc3)ccc2OCOP(=O)(O)O)CC1. The van der Waals surface area contributed by atoms with Gasteiger partial charge >= 0.3 is 13.9 Å². The van der Waals surface area contributed by atoms with Gasteiger partial charge in [-0.3, -0.25) is 0 Å². The number of ether oxygens (including phenoxy) is 2. The number of halogens is 3. The maximum Gasteiger partial charge on any atom is 0.472 e. The number of phosphoric acid groups is 1. The lowest BCUT2D eigenvalue weighted by Crippen LogP contribution is -2.56. The number of benzene rings is 5. The molecule has 1 unspecified atom stereocenters. The second kappa shape index (κ2) is 24.6. The Bertz CT molecular complexity index is 2390. The van der Waals surface area contributed by atoms with Crippen LogP contribution in [0.4, 0.5) is 18.0 Å². The Morgan fingerprint density at radius 3 is 2.07 bits per heavy atom. The summed E-state index contributed by atoms with van der Waals surface area (Å²) in [4.78, 5) is 34.6. The summed E-state index contributed by atoms with van der Waals surface area (Å²) in [6.07, 6.45) is 7.49. The highest BCUT2D eigenvalue weighted by Crippen LogP contribution is 2.40. The number of piperidine rings is 1. The lowest BCUT2D eigenvalue weighted by molar-refractivity contribution is -0.958. The van der Waals surface area contributed by atoms with Gasteiger partial charge in [-0.05, 0) is 109 Å². The molecule has 0 radical (unpaired) electrons. The van der Waals surface area contributed by atoms with Crippen molar-refractivity contribution in [2.45, 2.75) is 88.6 Å². The molecule has 16 heteroatoms. The molecule has 69 heavy (non-hydrogen) atoms. The molecule has 2 heterocycles. The lowest BCUT2D eigenvalue weighted by Gasteiger charge is -2.46. The molecule has 2 fully saturated rings. The van der Waals surface area contributed by atoms with Crippen molar-refractivity contribution in [2.75, 3.05) is 52.7 Å². The molecular weight excluding hydrogens is 909 g/mol. The van der Waals surface area contributed by atoms with Gasteiger partial charge < -0.3 is 44.4 Å². The number of carbonyl (C=O) groups is 1. The van der Waals surface area contributed by atoms with Crippen LogP contribution < -0.4 is 15.4 Å². The molecular formula is C53H65F3N4O8P+. The minimum Gasteiger partial charge on any atom is -0.466 e. The molecule has 2 saturated heterocycles. The van der Waals surface area contributed by atoms with E-state index in [9.17, 15) is 37.4 Å². The molecule has 370 valence electrons. The van der Waals surface area contributed by atoms with E-state index in [1.54, 1.807) is 47.4 Å². The highest BCUT2D eigenvalue weighted by molar-refractivity contribution is 7.46. The number of carbonyl (C=O) groups excluding carboxylic acids is 1. The molecule has 5 N–H and O–H groups in total.